The molecule has 4 aliphatic carbocycles. The van der Waals surface area contributed by atoms with E-state index in [0.29, 0.717) is 5.41 Å². The van der Waals surface area contributed by atoms with Crippen molar-refractivity contribution in [2.45, 2.75) is 51.9 Å². The van der Waals surface area contributed by atoms with E-state index in [-0.39, 0.29) is 5.92 Å². The van der Waals surface area contributed by atoms with Gasteiger partial charge in [0.15, 0.2) is 0 Å². The average Bonchev–Trinajstić information content (AvgIpc) is 2.14. The van der Waals surface area contributed by atoms with Crippen LogP contribution in [0.15, 0.2) is 0 Å². The fraction of sp³-hybridized carbons (Fsp3) is 0.929. The van der Waals surface area contributed by atoms with Crippen molar-refractivity contribution in [3.05, 3.63) is 0 Å². The smallest absolute Gasteiger partial charge is 0.0653 e. The maximum Gasteiger partial charge on any atom is 0.0653 e. The quantitative estimate of drug-likeness (QED) is 0.670. The summed E-state index contributed by atoms with van der Waals surface area (Å²) in [6.07, 6.45) is 10.1. The molecule has 0 spiro atoms. The second kappa shape index (κ2) is 3.24. The Kier molecular flexibility index (Phi) is 2.09. The van der Waals surface area contributed by atoms with Gasteiger partial charge in [-0.3, -0.25) is 0 Å². The number of hydrogen-bond acceptors (Lipinski definition) is 1. The molecule has 4 rings (SSSR count). The maximum atomic E-state index is 8.99. The Morgan fingerprint density at radius 2 is 1.60 bits per heavy atom. The highest BCUT2D eigenvalue weighted by Gasteiger charge is 2.50. The van der Waals surface area contributed by atoms with Crippen LogP contribution in [-0.2, 0) is 0 Å². The molecule has 4 saturated carbocycles. The highest BCUT2D eigenvalue weighted by atomic mass is 14.6. The van der Waals surface area contributed by atoms with E-state index < -0.39 is 0 Å². The van der Waals surface area contributed by atoms with Gasteiger partial charge in [-0.05, 0) is 75.0 Å². The normalized spacial score (nSPS) is 48.9. The van der Waals surface area contributed by atoms with Gasteiger partial charge >= 0.3 is 0 Å². The third-order valence-electron chi connectivity index (χ3n) is 5.12. The standard InChI is InChI=1S/C14H21N/c1-10(9-15)5-14-6-11-2-12(7-14)4-13(3-11)8-14/h10-13H,2-8H2,1H3. The monoisotopic (exact) mass is 203 g/mol. The van der Waals surface area contributed by atoms with Gasteiger partial charge in [-0.25, -0.2) is 0 Å². The lowest BCUT2D eigenvalue weighted by molar-refractivity contribution is -0.0613. The van der Waals surface area contributed by atoms with E-state index in [1.54, 1.807) is 0 Å². The predicted molar refractivity (Wildman–Crippen MR) is 60.0 cm³/mol. The minimum atomic E-state index is 0.279. The van der Waals surface area contributed by atoms with Crippen LogP contribution in [0.5, 0.6) is 0 Å². The van der Waals surface area contributed by atoms with E-state index in [2.05, 4.69) is 13.0 Å². The summed E-state index contributed by atoms with van der Waals surface area (Å²) in [7, 11) is 0. The Balaban J connectivity index is 1.78. The Hall–Kier alpha value is -0.510. The van der Waals surface area contributed by atoms with Gasteiger partial charge in [0, 0.05) is 5.92 Å². The van der Waals surface area contributed by atoms with Gasteiger partial charge in [0.05, 0.1) is 6.07 Å². The fourth-order valence-corrected chi connectivity index (χ4v) is 5.24. The van der Waals surface area contributed by atoms with E-state index in [9.17, 15) is 0 Å². The van der Waals surface area contributed by atoms with Gasteiger partial charge in [-0.1, -0.05) is 0 Å². The summed E-state index contributed by atoms with van der Waals surface area (Å²) in [5.74, 6) is 3.37. The van der Waals surface area contributed by atoms with Crippen molar-refractivity contribution in [2.24, 2.45) is 29.1 Å². The molecule has 1 heteroatoms. The lowest BCUT2D eigenvalue weighted by Gasteiger charge is -2.57. The third-order valence-corrected chi connectivity index (χ3v) is 5.12. The number of rotatable bonds is 2. The topological polar surface area (TPSA) is 23.8 Å². The minimum absolute atomic E-state index is 0.279. The van der Waals surface area contributed by atoms with Crippen molar-refractivity contribution in [3.63, 3.8) is 0 Å². The summed E-state index contributed by atoms with van der Waals surface area (Å²) in [6, 6.07) is 2.44. The van der Waals surface area contributed by atoms with Crippen LogP contribution in [0.25, 0.3) is 0 Å². The predicted octanol–water partition coefficient (Wildman–Crippen LogP) is 3.75. The molecule has 0 N–H and O–H groups in total. The van der Waals surface area contributed by atoms with Crippen LogP contribution in [0.1, 0.15) is 51.9 Å². The first-order valence-electron chi connectivity index (χ1n) is 6.59. The molecule has 0 amide bonds. The molecule has 0 aliphatic heterocycles. The second-order valence-corrected chi connectivity index (χ2v) is 6.65. The van der Waals surface area contributed by atoms with Crippen molar-refractivity contribution < 1.29 is 0 Å². The van der Waals surface area contributed by atoms with Gasteiger partial charge in [0.25, 0.3) is 0 Å². The Bertz CT molecular complexity index is 264. The Morgan fingerprint density at radius 3 is 2.00 bits per heavy atom. The fourth-order valence-electron chi connectivity index (χ4n) is 5.24. The zero-order chi connectivity index (χ0) is 10.5. The number of nitrogens with zero attached hydrogens (tertiary/aromatic N) is 1. The molecule has 0 saturated heterocycles. The lowest BCUT2D eigenvalue weighted by Crippen LogP contribution is -2.46. The summed E-state index contributed by atoms with van der Waals surface area (Å²) in [6.45, 7) is 2.11. The van der Waals surface area contributed by atoms with E-state index in [1.165, 1.54) is 44.9 Å². The molecule has 0 aromatic carbocycles. The Morgan fingerprint density at radius 1 is 1.13 bits per heavy atom. The summed E-state index contributed by atoms with van der Waals surface area (Å²) in [5.41, 5.74) is 0.601. The van der Waals surface area contributed by atoms with Crippen molar-refractivity contribution in [3.8, 4) is 6.07 Å². The van der Waals surface area contributed by atoms with E-state index in [4.69, 9.17) is 5.26 Å². The minimum Gasteiger partial charge on any atom is -0.198 e. The highest BCUT2D eigenvalue weighted by molar-refractivity contribution is 5.03. The van der Waals surface area contributed by atoms with Gasteiger partial charge in [0.1, 0.15) is 0 Å². The zero-order valence-corrected chi connectivity index (χ0v) is 9.71. The van der Waals surface area contributed by atoms with Gasteiger partial charge in [-0.2, -0.15) is 5.26 Å². The van der Waals surface area contributed by atoms with Crippen LogP contribution in [0.2, 0.25) is 0 Å². The highest BCUT2D eigenvalue weighted by Crippen LogP contribution is 2.61. The molecule has 4 bridgehead atoms. The lowest BCUT2D eigenvalue weighted by atomic mass is 9.48. The molecule has 82 valence electrons. The van der Waals surface area contributed by atoms with Crippen molar-refractivity contribution in [2.75, 3.05) is 0 Å². The summed E-state index contributed by atoms with van der Waals surface area (Å²) in [5, 5.41) is 8.99. The first-order valence-corrected chi connectivity index (χ1v) is 6.59. The molecule has 0 radical (unpaired) electrons. The molecule has 0 heterocycles. The third kappa shape index (κ3) is 1.59. The molecule has 4 fully saturated rings. The van der Waals surface area contributed by atoms with Crippen LogP contribution in [0, 0.1) is 40.4 Å². The molecule has 1 atom stereocenters. The van der Waals surface area contributed by atoms with E-state index >= 15 is 0 Å². The molecule has 1 unspecified atom stereocenters. The van der Waals surface area contributed by atoms with Crippen molar-refractivity contribution >= 4 is 0 Å². The molecule has 15 heavy (non-hydrogen) atoms. The van der Waals surface area contributed by atoms with Crippen LogP contribution >= 0.6 is 0 Å². The maximum absolute atomic E-state index is 8.99. The first kappa shape index (κ1) is 9.70. The second-order valence-electron chi connectivity index (χ2n) is 6.65. The average molecular weight is 203 g/mol. The summed E-state index contributed by atoms with van der Waals surface area (Å²) >= 11 is 0. The van der Waals surface area contributed by atoms with Crippen LogP contribution in [0.4, 0.5) is 0 Å². The molecular formula is C14H21N. The van der Waals surface area contributed by atoms with Crippen molar-refractivity contribution in [1.82, 2.24) is 0 Å². The van der Waals surface area contributed by atoms with Crippen molar-refractivity contribution in [1.29, 1.82) is 5.26 Å². The number of nitriles is 1. The largest absolute Gasteiger partial charge is 0.198 e. The van der Waals surface area contributed by atoms with E-state index in [1.807, 2.05) is 0 Å². The molecule has 1 nitrogen and oxygen atoms in total. The zero-order valence-electron chi connectivity index (χ0n) is 9.71. The van der Waals surface area contributed by atoms with Crippen LogP contribution < -0.4 is 0 Å². The first-order chi connectivity index (χ1) is 7.19. The molecule has 0 aromatic heterocycles. The SMILES string of the molecule is CC(C#N)CC12CC3CC(CC(C3)C1)C2. The van der Waals surface area contributed by atoms with Crippen LogP contribution in [-0.4, -0.2) is 0 Å². The van der Waals surface area contributed by atoms with E-state index in [0.717, 1.165) is 17.8 Å². The van der Waals surface area contributed by atoms with Gasteiger partial charge in [0.2, 0.25) is 0 Å². The summed E-state index contributed by atoms with van der Waals surface area (Å²) < 4.78 is 0. The van der Waals surface area contributed by atoms with Gasteiger partial charge in [-0.15, -0.1) is 0 Å². The molecule has 0 aromatic rings. The summed E-state index contributed by atoms with van der Waals surface area (Å²) in [4.78, 5) is 0. The molecule has 4 aliphatic rings. The molecular weight excluding hydrogens is 182 g/mol. The van der Waals surface area contributed by atoms with Crippen LogP contribution in [0.3, 0.4) is 0 Å². The Labute approximate surface area is 92.9 Å². The number of hydrogen-bond donors (Lipinski definition) is 0. The van der Waals surface area contributed by atoms with Gasteiger partial charge < -0.3 is 0 Å².